The molecule has 0 spiro atoms. The van der Waals surface area contributed by atoms with Crippen LogP contribution in [0.25, 0.3) is 0 Å². The fourth-order valence-electron chi connectivity index (χ4n) is 2.88. The third kappa shape index (κ3) is 5.96. The third-order valence-corrected chi connectivity index (χ3v) is 4.58. The molecule has 0 amide bonds. The Morgan fingerprint density at radius 3 is 2.57 bits per heavy atom. The van der Waals surface area contributed by atoms with Crippen molar-refractivity contribution in [3.63, 3.8) is 0 Å². The average Bonchev–Trinajstić information content (AvgIpc) is 2.79. The van der Waals surface area contributed by atoms with Gasteiger partial charge in [0.2, 0.25) is 0 Å². The number of aliphatic hydroxyl groups excluding tert-OH is 1. The van der Waals surface area contributed by atoms with Gasteiger partial charge in [0.05, 0.1) is 12.7 Å². The van der Waals surface area contributed by atoms with E-state index in [0.29, 0.717) is 0 Å². The molecular weight excluding hydrogens is 284 g/mol. The van der Waals surface area contributed by atoms with Gasteiger partial charge in [-0.3, -0.25) is 0 Å². The van der Waals surface area contributed by atoms with Gasteiger partial charge in [0.1, 0.15) is 0 Å². The highest BCUT2D eigenvalue weighted by Crippen LogP contribution is 2.44. The Hall–Kier alpha value is -1.38. The van der Waals surface area contributed by atoms with Crippen LogP contribution in [0, 0.1) is 5.41 Å². The third-order valence-electron chi connectivity index (χ3n) is 4.58. The topological polar surface area (TPSA) is 29.5 Å². The first kappa shape index (κ1) is 19.7. The molecule has 0 saturated heterocycles. The second-order valence-corrected chi connectivity index (χ2v) is 6.93. The zero-order valence-electron chi connectivity index (χ0n) is 15.5. The van der Waals surface area contributed by atoms with Gasteiger partial charge in [-0.25, -0.2) is 0 Å². The summed E-state index contributed by atoms with van der Waals surface area (Å²) in [4.78, 5) is 0. The monoisotopic (exact) mass is 316 g/mol. The molecule has 0 fully saturated rings. The maximum Gasteiger partial charge on any atom is 0.0758 e. The van der Waals surface area contributed by atoms with Crippen LogP contribution >= 0.6 is 0 Å². The van der Waals surface area contributed by atoms with E-state index in [4.69, 9.17) is 9.84 Å². The molecule has 0 bridgehead atoms. The van der Waals surface area contributed by atoms with Crippen molar-refractivity contribution < 1.29 is 9.84 Å². The van der Waals surface area contributed by atoms with Gasteiger partial charge in [0.25, 0.3) is 0 Å². The molecule has 0 saturated carbocycles. The molecule has 2 heteroatoms. The smallest absolute Gasteiger partial charge is 0.0758 e. The van der Waals surface area contributed by atoms with E-state index in [2.05, 4.69) is 45.9 Å². The van der Waals surface area contributed by atoms with Crippen LogP contribution in [0.5, 0.6) is 0 Å². The fraction of sp³-hybridized carbons (Fsp3) is 0.524. The molecule has 0 aromatic rings. The SMILES string of the molecule is COC(C)C1=C(C=CC(C)=CC=CC(C)=CCO)C(C)(C)CC1. The summed E-state index contributed by atoms with van der Waals surface area (Å²) in [5.41, 5.74) is 5.34. The van der Waals surface area contributed by atoms with E-state index >= 15 is 0 Å². The van der Waals surface area contributed by atoms with Crippen molar-refractivity contribution in [3.8, 4) is 0 Å². The Balaban J connectivity index is 2.90. The largest absolute Gasteiger partial charge is 0.392 e. The maximum atomic E-state index is 8.84. The predicted molar refractivity (Wildman–Crippen MR) is 99.4 cm³/mol. The Kier molecular flexibility index (Phi) is 7.74. The van der Waals surface area contributed by atoms with Crippen LogP contribution in [0.15, 0.2) is 58.7 Å². The van der Waals surface area contributed by atoms with Crippen LogP contribution in [-0.2, 0) is 4.74 Å². The number of ether oxygens (including phenoxy) is 1. The van der Waals surface area contributed by atoms with Crippen LogP contribution in [0.2, 0.25) is 0 Å². The van der Waals surface area contributed by atoms with Crippen molar-refractivity contribution in [2.45, 2.75) is 53.6 Å². The Labute approximate surface area is 141 Å². The highest BCUT2D eigenvalue weighted by molar-refractivity contribution is 5.40. The van der Waals surface area contributed by atoms with Gasteiger partial charge < -0.3 is 9.84 Å². The molecule has 0 aromatic carbocycles. The number of methoxy groups -OCH3 is 1. The van der Waals surface area contributed by atoms with Crippen molar-refractivity contribution in [1.82, 2.24) is 0 Å². The van der Waals surface area contributed by atoms with E-state index in [1.165, 1.54) is 23.1 Å². The first-order valence-electron chi connectivity index (χ1n) is 8.38. The lowest BCUT2D eigenvalue weighted by Gasteiger charge is -2.21. The second-order valence-electron chi connectivity index (χ2n) is 6.93. The first-order valence-corrected chi connectivity index (χ1v) is 8.38. The summed E-state index contributed by atoms with van der Waals surface area (Å²) in [6, 6.07) is 0. The fourth-order valence-corrected chi connectivity index (χ4v) is 2.88. The van der Waals surface area contributed by atoms with Crippen LogP contribution in [-0.4, -0.2) is 24.9 Å². The molecule has 1 aliphatic rings. The highest BCUT2D eigenvalue weighted by atomic mass is 16.5. The van der Waals surface area contributed by atoms with Gasteiger partial charge in [-0.2, -0.15) is 0 Å². The maximum absolute atomic E-state index is 8.84. The minimum Gasteiger partial charge on any atom is -0.392 e. The van der Waals surface area contributed by atoms with E-state index < -0.39 is 0 Å². The van der Waals surface area contributed by atoms with E-state index in [-0.39, 0.29) is 18.1 Å². The molecule has 1 rings (SSSR count). The molecule has 2 nitrogen and oxygen atoms in total. The first-order chi connectivity index (χ1) is 10.8. The van der Waals surface area contributed by atoms with Gasteiger partial charge in [-0.1, -0.05) is 61.4 Å². The lowest BCUT2D eigenvalue weighted by atomic mass is 9.84. The number of hydrogen-bond donors (Lipinski definition) is 1. The van der Waals surface area contributed by atoms with E-state index in [9.17, 15) is 0 Å². The van der Waals surface area contributed by atoms with Gasteiger partial charge in [-0.05, 0) is 50.2 Å². The Morgan fingerprint density at radius 2 is 1.96 bits per heavy atom. The second kappa shape index (κ2) is 9.05. The quantitative estimate of drug-likeness (QED) is 0.659. The van der Waals surface area contributed by atoms with Crippen LogP contribution in [0.1, 0.15) is 47.5 Å². The zero-order valence-corrected chi connectivity index (χ0v) is 15.5. The molecule has 1 N–H and O–H groups in total. The number of hydrogen-bond acceptors (Lipinski definition) is 2. The molecular formula is C21H32O2. The minimum atomic E-state index is 0.0858. The van der Waals surface area contributed by atoms with E-state index in [1.807, 2.05) is 19.1 Å². The van der Waals surface area contributed by atoms with Crippen molar-refractivity contribution in [2.75, 3.05) is 13.7 Å². The molecule has 0 aromatic heterocycles. The standard InChI is InChI=1S/C21H32O2/c1-16(8-7-9-17(2)13-15-22)10-11-20-19(18(3)23-6)12-14-21(20,4)5/h7-11,13,18,22H,12,14-15H2,1-6H3. The molecule has 128 valence electrons. The lowest BCUT2D eigenvalue weighted by Crippen LogP contribution is -2.12. The molecule has 0 radical (unpaired) electrons. The molecule has 1 aliphatic carbocycles. The summed E-state index contributed by atoms with van der Waals surface area (Å²) in [5.74, 6) is 0. The van der Waals surface area contributed by atoms with E-state index in [0.717, 1.165) is 12.0 Å². The zero-order chi connectivity index (χ0) is 17.5. The normalized spacial score (nSPS) is 21.0. The summed E-state index contributed by atoms with van der Waals surface area (Å²) in [6.07, 6.45) is 14.8. The predicted octanol–water partition coefficient (Wildman–Crippen LogP) is 5.14. The van der Waals surface area contributed by atoms with Crippen molar-refractivity contribution in [1.29, 1.82) is 0 Å². The van der Waals surface area contributed by atoms with Crippen molar-refractivity contribution in [3.05, 3.63) is 58.7 Å². The molecule has 23 heavy (non-hydrogen) atoms. The lowest BCUT2D eigenvalue weighted by molar-refractivity contribution is 0.144. The molecule has 1 atom stereocenters. The molecule has 1 unspecified atom stereocenters. The summed E-state index contributed by atoms with van der Waals surface area (Å²) in [7, 11) is 1.78. The van der Waals surface area contributed by atoms with E-state index in [1.54, 1.807) is 13.2 Å². The van der Waals surface area contributed by atoms with Gasteiger partial charge in [0, 0.05) is 7.11 Å². The average molecular weight is 316 g/mol. The molecule has 0 heterocycles. The molecule has 0 aliphatic heterocycles. The number of aliphatic hydroxyl groups is 1. The van der Waals surface area contributed by atoms with Gasteiger partial charge in [0.15, 0.2) is 0 Å². The summed E-state index contributed by atoms with van der Waals surface area (Å²) in [6.45, 7) is 10.9. The van der Waals surface area contributed by atoms with Crippen LogP contribution in [0.4, 0.5) is 0 Å². The summed E-state index contributed by atoms with van der Waals surface area (Å²) >= 11 is 0. The van der Waals surface area contributed by atoms with Crippen LogP contribution < -0.4 is 0 Å². The Bertz CT molecular complexity index is 542. The summed E-state index contributed by atoms with van der Waals surface area (Å²) in [5, 5.41) is 8.84. The number of allylic oxidation sites excluding steroid dienone is 8. The van der Waals surface area contributed by atoms with Crippen molar-refractivity contribution >= 4 is 0 Å². The Morgan fingerprint density at radius 1 is 1.26 bits per heavy atom. The van der Waals surface area contributed by atoms with Crippen LogP contribution in [0.3, 0.4) is 0 Å². The number of rotatable bonds is 7. The van der Waals surface area contributed by atoms with Gasteiger partial charge >= 0.3 is 0 Å². The summed E-state index contributed by atoms with van der Waals surface area (Å²) < 4.78 is 5.53. The van der Waals surface area contributed by atoms with Gasteiger partial charge in [-0.15, -0.1) is 0 Å². The highest BCUT2D eigenvalue weighted by Gasteiger charge is 2.32. The minimum absolute atomic E-state index is 0.0858. The van der Waals surface area contributed by atoms with Crippen molar-refractivity contribution in [2.24, 2.45) is 5.41 Å².